The van der Waals surface area contributed by atoms with Crippen LogP contribution in [0.1, 0.15) is 11.1 Å². The smallest absolute Gasteiger partial charge is 0.222 e. The van der Waals surface area contributed by atoms with Gasteiger partial charge < -0.3 is 15.4 Å². The molecule has 0 fully saturated rings. The summed E-state index contributed by atoms with van der Waals surface area (Å²) in [5.41, 5.74) is 10.6. The number of nitrogen functional groups attached to an aromatic ring is 1. The average Bonchev–Trinajstić information content (AvgIpc) is 2.90. The molecule has 0 saturated heterocycles. The molecule has 0 amide bonds. The largest absolute Gasteiger partial charge is 0.497 e. The molecule has 1 aliphatic heterocycles. The summed E-state index contributed by atoms with van der Waals surface area (Å²) < 4.78 is 5.32. The maximum Gasteiger partial charge on any atom is 0.222 e. The van der Waals surface area contributed by atoms with Gasteiger partial charge in [-0.2, -0.15) is 4.98 Å². The SMILES string of the molecule is COc1cccc(-c2cc(N3CCc4ccccc4CC3)nc(N)n2)c1. The Balaban J connectivity index is 1.64. The number of hydrogen-bond donors (Lipinski definition) is 1. The minimum Gasteiger partial charge on any atom is -0.497 e. The average molecular weight is 346 g/mol. The Labute approximate surface area is 153 Å². The van der Waals surface area contributed by atoms with Crippen molar-refractivity contribution < 1.29 is 4.74 Å². The van der Waals surface area contributed by atoms with Crippen LogP contribution in [0.25, 0.3) is 11.3 Å². The lowest BCUT2D eigenvalue weighted by Gasteiger charge is -2.22. The number of methoxy groups -OCH3 is 1. The minimum absolute atomic E-state index is 0.294. The molecule has 1 aliphatic rings. The fraction of sp³-hybridized carbons (Fsp3) is 0.238. The molecule has 1 aromatic heterocycles. The van der Waals surface area contributed by atoms with Gasteiger partial charge in [-0.15, -0.1) is 0 Å². The molecule has 0 spiro atoms. The molecule has 26 heavy (non-hydrogen) atoms. The van der Waals surface area contributed by atoms with E-state index in [-0.39, 0.29) is 0 Å². The summed E-state index contributed by atoms with van der Waals surface area (Å²) in [5.74, 6) is 1.97. The van der Waals surface area contributed by atoms with Crippen LogP contribution in [0, 0.1) is 0 Å². The van der Waals surface area contributed by atoms with Gasteiger partial charge in [0.2, 0.25) is 5.95 Å². The summed E-state index contributed by atoms with van der Waals surface area (Å²) in [7, 11) is 1.66. The van der Waals surface area contributed by atoms with Crippen LogP contribution in [0.4, 0.5) is 11.8 Å². The molecule has 5 nitrogen and oxygen atoms in total. The molecule has 3 aromatic rings. The molecule has 0 saturated carbocycles. The molecule has 2 N–H and O–H groups in total. The highest BCUT2D eigenvalue weighted by atomic mass is 16.5. The van der Waals surface area contributed by atoms with E-state index in [0.717, 1.165) is 48.8 Å². The molecule has 0 unspecified atom stereocenters. The van der Waals surface area contributed by atoms with Crippen molar-refractivity contribution in [3.8, 4) is 17.0 Å². The molecular weight excluding hydrogens is 324 g/mol. The Bertz CT molecular complexity index is 898. The van der Waals surface area contributed by atoms with Crippen molar-refractivity contribution in [3.63, 3.8) is 0 Å². The molecule has 5 heteroatoms. The van der Waals surface area contributed by atoms with Crippen molar-refractivity contribution in [2.75, 3.05) is 30.8 Å². The second-order valence-electron chi connectivity index (χ2n) is 6.46. The van der Waals surface area contributed by atoms with Crippen LogP contribution in [-0.4, -0.2) is 30.2 Å². The highest BCUT2D eigenvalue weighted by molar-refractivity contribution is 5.66. The summed E-state index contributed by atoms with van der Waals surface area (Å²) in [5, 5.41) is 0. The zero-order chi connectivity index (χ0) is 17.9. The zero-order valence-electron chi connectivity index (χ0n) is 14.9. The van der Waals surface area contributed by atoms with E-state index in [1.54, 1.807) is 7.11 Å². The number of benzene rings is 2. The predicted octanol–water partition coefficient (Wildman–Crippen LogP) is 3.34. The highest BCUT2D eigenvalue weighted by Crippen LogP contribution is 2.27. The highest BCUT2D eigenvalue weighted by Gasteiger charge is 2.17. The first-order valence-electron chi connectivity index (χ1n) is 8.83. The van der Waals surface area contributed by atoms with Gasteiger partial charge in [-0.1, -0.05) is 36.4 Å². The van der Waals surface area contributed by atoms with Crippen LogP contribution in [-0.2, 0) is 12.8 Å². The van der Waals surface area contributed by atoms with E-state index in [0.29, 0.717) is 5.95 Å². The fourth-order valence-electron chi connectivity index (χ4n) is 3.44. The number of anilines is 2. The first-order chi connectivity index (χ1) is 12.7. The lowest BCUT2D eigenvalue weighted by atomic mass is 10.0. The Kier molecular flexibility index (Phi) is 4.44. The number of nitrogens with two attached hydrogens (primary N) is 1. The van der Waals surface area contributed by atoms with Crippen molar-refractivity contribution in [2.45, 2.75) is 12.8 Å². The van der Waals surface area contributed by atoms with Crippen LogP contribution < -0.4 is 15.4 Å². The summed E-state index contributed by atoms with van der Waals surface area (Å²) in [6, 6.07) is 18.5. The van der Waals surface area contributed by atoms with Gasteiger partial charge in [0.05, 0.1) is 12.8 Å². The number of hydrogen-bond acceptors (Lipinski definition) is 5. The molecular formula is C21H22N4O. The van der Waals surface area contributed by atoms with Crippen molar-refractivity contribution in [1.29, 1.82) is 0 Å². The van der Waals surface area contributed by atoms with E-state index in [4.69, 9.17) is 10.5 Å². The van der Waals surface area contributed by atoms with Gasteiger partial charge in [-0.05, 0) is 36.1 Å². The van der Waals surface area contributed by atoms with E-state index in [9.17, 15) is 0 Å². The van der Waals surface area contributed by atoms with Gasteiger partial charge in [0.25, 0.3) is 0 Å². The number of fused-ring (bicyclic) bond motifs is 1. The van der Waals surface area contributed by atoms with Crippen LogP contribution in [0.15, 0.2) is 54.6 Å². The number of aromatic nitrogens is 2. The first kappa shape index (κ1) is 16.4. The van der Waals surface area contributed by atoms with E-state index in [1.165, 1.54) is 11.1 Å². The van der Waals surface area contributed by atoms with Gasteiger partial charge in [0, 0.05) is 24.7 Å². The molecule has 4 rings (SSSR count). The van der Waals surface area contributed by atoms with E-state index in [1.807, 2.05) is 30.3 Å². The second kappa shape index (κ2) is 7.04. The molecule has 2 aromatic carbocycles. The van der Waals surface area contributed by atoms with Crippen molar-refractivity contribution in [3.05, 3.63) is 65.7 Å². The maximum atomic E-state index is 6.02. The van der Waals surface area contributed by atoms with Crippen LogP contribution in [0.5, 0.6) is 5.75 Å². The van der Waals surface area contributed by atoms with Crippen molar-refractivity contribution in [2.24, 2.45) is 0 Å². The summed E-state index contributed by atoms with van der Waals surface area (Å²) in [6.07, 6.45) is 2.02. The van der Waals surface area contributed by atoms with Gasteiger partial charge in [-0.3, -0.25) is 0 Å². The zero-order valence-corrected chi connectivity index (χ0v) is 14.9. The standard InChI is InChI=1S/C21H22N4O/c1-26-18-8-4-7-17(13-18)19-14-20(24-21(22)23-19)25-11-9-15-5-2-3-6-16(15)10-12-25/h2-8,13-14H,9-12H2,1H3,(H2,22,23,24). The Morgan fingerprint density at radius 1 is 0.923 bits per heavy atom. The third-order valence-electron chi connectivity index (χ3n) is 4.84. The third-order valence-corrected chi connectivity index (χ3v) is 4.84. The second-order valence-corrected chi connectivity index (χ2v) is 6.46. The normalized spacial score (nSPS) is 13.8. The van der Waals surface area contributed by atoms with E-state index >= 15 is 0 Å². The minimum atomic E-state index is 0.294. The van der Waals surface area contributed by atoms with Crippen molar-refractivity contribution >= 4 is 11.8 Å². The number of ether oxygens (including phenoxy) is 1. The lowest BCUT2D eigenvalue weighted by molar-refractivity contribution is 0.415. The molecule has 0 bridgehead atoms. The topological polar surface area (TPSA) is 64.3 Å². The molecule has 0 atom stereocenters. The Hall–Kier alpha value is -3.08. The molecule has 0 aliphatic carbocycles. The van der Waals surface area contributed by atoms with Gasteiger partial charge in [0.15, 0.2) is 0 Å². The lowest BCUT2D eigenvalue weighted by Crippen LogP contribution is -2.27. The molecule has 132 valence electrons. The van der Waals surface area contributed by atoms with Gasteiger partial charge in [0.1, 0.15) is 11.6 Å². The maximum absolute atomic E-state index is 6.02. The molecule has 2 heterocycles. The number of nitrogens with zero attached hydrogens (tertiary/aromatic N) is 3. The third kappa shape index (κ3) is 3.33. The number of rotatable bonds is 3. The predicted molar refractivity (Wildman–Crippen MR) is 104 cm³/mol. The monoisotopic (exact) mass is 346 g/mol. The quantitative estimate of drug-likeness (QED) is 0.788. The van der Waals surface area contributed by atoms with E-state index in [2.05, 4.69) is 39.1 Å². The molecule has 0 radical (unpaired) electrons. The van der Waals surface area contributed by atoms with Crippen LogP contribution >= 0.6 is 0 Å². The summed E-state index contributed by atoms with van der Waals surface area (Å²) >= 11 is 0. The van der Waals surface area contributed by atoms with Crippen LogP contribution in [0.3, 0.4) is 0 Å². The summed E-state index contributed by atoms with van der Waals surface area (Å²) in [4.78, 5) is 11.2. The summed E-state index contributed by atoms with van der Waals surface area (Å²) in [6.45, 7) is 1.84. The van der Waals surface area contributed by atoms with Gasteiger partial charge in [-0.25, -0.2) is 4.98 Å². The van der Waals surface area contributed by atoms with E-state index < -0.39 is 0 Å². The van der Waals surface area contributed by atoms with Crippen LogP contribution in [0.2, 0.25) is 0 Å². The Morgan fingerprint density at radius 3 is 2.35 bits per heavy atom. The van der Waals surface area contributed by atoms with Crippen molar-refractivity contribution in [1.82, 2.24) is 9.97 Å². The first-order valence-corrected chi connectivity index (χ1v) is 8.83. The van der Waals surface area contributed by atoms with Gasteiger partial charge >= 0.3 is 0 Å². The fourth-order valence-corrected chi connectivity index (χ4v) is 3.44. The Morgan fingerprint density at radius 2 is 1.65 bits per heavy atom.